The number of hydrogen-bond donors (Lipinski definition) is 2. The van der Waals surface area contributed by atoms with Crippen LogP contribution in [0.1, 0.15) is 16.0 Å². The molecule has 3 nitrogen and oxygen atoms in total. The third-order valence-electron chi connectivity index (χ3n) is 3.15. The molecule has 3 aromatic rings. The molecule has 2 aromatic carbocycles. The highest BCUT2D eigenvalue weighted by molar-refractivity contribution is 9.09. The Bertz CT molecular complexity index is 890. The van der Waals surface area contributed by atoms with Crippen LogP contribution < -0.4 is 5.69 Å². The van der Waals surface area contributed by atoms with Crippen LogP contribution in [0.5, 0.6) is 0 Å². The van der Waals surface area contributed by atoms with Gasteiger partial charge in [0.2, 0.25) is 0 Å². The highest BCUT2D eigenvalue weighted by Gasteiger charge is 2.18. The quantitative estimate of drug-likeness (QED) is 0.511. The fourth-order valence-electron chi connectivity index (χ4n) is 2.12. The third-order valence-corrected chi connectivity index (χ3v) is 4.46. The van der Waals surface area contributed by atoms with Crippen LogP contribution in [0.2, 0.25) is 5.02 Å². The van der Waals surface area contributed by atoms with Crippen LogP contribution in [0.25, 0.3) is 11.0 Å². The predicted octanol–water partition coefficient (Wildman–Crippen LogP) is 4.27. The van der Waals surface area contributed by atoms with Gasteiger partial charge in [-0.2, -0.15) is 0 Å². The SMILES string of the molecule is O=c1[nH]c2ccc(C(Br)c3cc(F)c(Cl)cc3F)cc2[nH]1. The van der Waals surface area contributed by atoms with Crippen molar-refractivity contribution in [2.24, 2.45) is 0 Å². The molecule has 7 heteroatoms. The molecular weight excluding hydrogens is 366 g/mol. The summed E-state index contributed by atoms with van der Waals surface area (Å²) in [6.07, 6.45) is 0. The van der Waals surface area contributed by atoms with E-state index in [9.17, 15) is 13.6 Å². The Morgan fingerprint density at radius 1 is 1.05 bits per heavy atom. The fourth-order valence-corrected chi connectivity index (χ4v) is 2.91. The first kappa shape index (κ1) is 14.3. The van der Waals surface area contributed by atoms with Gasteiger partial charge < -0.3 is 9.97 Å². The molecule has 0 radical (unpaired) electrons. The van der Waals surface area contributed by atoms with E-state index in [-0.39, 0.29) is 16.3 Å². The van der Waals surface area contributed by atoms with Gasteiger partial charge in [0, 0.05) is 5.56 Å². The summed E-state index contributed by atoms with van der Waals surface area (Å²) in [6, 6.07) is 7.11. The van der Waals surface area contributed by atoms with Crippen molar-refractivity contribution in [2.75, 3.05) is 0 Å². The minimum Gasteiger partial charge on any atom is -0.306 e. The van der Waals surface area contributed by atoms with E-state index in [0.29, 0.717) is 16.6 Å². The number of imidazole rings is 1. The summed E-state index contributed by atoms with van der Waals surface area (Å²) >= 11 is 8.89. The van der Waals surface area contributed by atoms with E-state index in [2.05, 4.69) is 25.9 Å². The van der Waals surface area contributed by atoms with Crippen LogP contribution in [-0.4, -0.2) is 9.97 Å². The number of aromatic nitrogens is 2. The second kappa shape index (κ2) is 5.27. The zero-order valence-corrected chi connectivity index (χ0v) is 12.7. The van der Waals surface area contributed by atoms with Crippen LogP contribution in [0, 0.1) is 11.6 Å². The van der Waals surface area contributed by atoms with E-state index < -0.39 is 16.5 Å². The molecule has 1 atom stereocenters. The molecule has 0 saturated heterocycles. The van der Waals surface area contributed by atoms with Gasteiger partial charge in [-0.15, -0.1) is 0 Å². The molecule has 1 unspecified atom stereocenters. The molecule has 3 rings (SSSR count). The van der Waals surface area contributed by atoms with Gasteiger partial charge in [-0.3, -0.25) is 0 Å². The molecule has 0 saturated carbocycles. The first-order chi connectivity index (χ1) is 9.95. The van der Waals surface area contributed by atoms with Crippen molar-refractivity contribution in [1.82, 2.24) is 9.97 Å². The molecule has 0 amide bonds. The normalized spacial score (nSPS) is 12.8. The van der Waals surface area contributed by atoms with Gasteiger partial charge in [-0.05, 0) is 29.8 Å². The summed E-state index contributed by atoms with van der Waals surface area (Å²) in [4.78, 5) is 15.9. The van der Waals surface area contributed by atoms with Gasteiger partial charge in [0.25, 0.3) is 0 Å². The largest absolute Gasteiger partial charge is 0.323 e. The number of nitrogens with one attached hydrogen (secondary N) is 2. The van der Waals surface area contributed by atoms with Gasteiger partial charge in [0.05, 0.1) is 20.9 Å². The summed E-state index contributed by atoms with van der Waals surface area (Å²) in [5.41, 5.74) is 1.73. The minimum atomic E-state index is -0.686. The second-order valence-electron chi connectivity index (χ2n) is 4.53. The highest BCUT2D eigenvalue weighted by atomic mass is 79.9. The van der Waals surface area contributed by atoms with Crippen molar-refractivity contribution in [3.8, 4) is 0 Å². The summed E-state index contributed by atoms with van der Waals surface area (Å²) < 4.78 is 27.5. The van der Waals surface area contributed by atoms with Crippen molar-refractivity contribution < 1.29 is 8.78 Å². The molecular formula is C14H8BrClF2N2O. The Kier molecular flexibility index (Phi) is 3.59. The van der Waals surface area contributed by atoms with E-state index in [4.69, 9.17) is 11.6 Å². The van der Waals surface area contributed by atoms with Gasteiger partial charge >= 0.3 is 5.69 Å². The maximum atomic E-state index is 13.9. The minimum absolute atomic E-state index is 0.133. The summed E-state index contributed by atoms with van der Waals surface area (Å²) in [5, 5.41) is -0.263. The van der Waals surface area contributed by atoms with Crippen molar-refractivity contribution >= 4 is 38.6 Å². The molecule has 108 valence electrons. The van der Waals surface area contributed by atoms with E-state index in [0.717, 1.165) is 12.1 Å². The lowest BCUT2D eigenvalue weighted by Crippen LogP contribution is -1.99. The van der Waals surface area contributed by atoms with Crippen LogP contribution in [0.4, 0.5) is 8.78 Å². The Balaban J connectivity index is 2.09. The number of fused-ring (bicyclic) bond motifs is 1. The lowest BCUT2D eigenvalue weighted by molar-refractivity contribution is 0.588. The maximum absolute atomic E-state index is 13.9. The summed E-state index contributed by atoms with van der Waals surface area (Å²) in [6.45, 7) is 0. The fraction of sp³-hybridized carbons (Fsp3) is 0.0714. The first-order valence-corrected chi connectivity index (χ1v) is 7.25. The van der Waals surface area contributed by atoms with E-state index >= 15 is 0 Å². The molecule has 0 bridgehead atoms. The van der Waals surface area contributed by atoms with Gasteiger partial charge in [-0.25, -0.2) is 13.6 Å². The van der Waals surface area contributed by atoms with Crippen LogP contribution >= 0.6 is 27.5 Å². The first-order valence-electron chi connectivity index (χ1n) is 5.96. The van der Waals surface area contributed by atoms with E-state index in [1.54, 1.807) is 18.2 Å². The zero-order valence-electron chi connectivity index (χ0n) is 10.4. The average Bonchev–Trinajstić information content (AvgIpc) is 2.81. The summed E-state index contributed by atoms with van der Waals surface area (Å²) in [5.74, 6) is -1.29. The Morgan fingerprint density at radius 3 is 2.52 bits per heavy atom. The number of alkyl halides is 1. The number of benzene rings is 2. The smallest absolute Gasteiger partial charge is 0.306 e. The molecule has 0 spiro atoms. The third kappa shape index (κ3) is 2.61. The Morgan fingerprint density at radius 2 is 1.76 bits per heavy atom. The van der Waals surface area contributed by atoms with Gasteiger partial charge in [-0.1, -0.05) is 33.6 Å². The Labute approximate surface area is 131 Å². The number of aromatic amines is 2. The highest BCUT2D eigenvalue weighted by Crippen LogP contribution is 2.35. The van der Waals surface area contributed by atoms with Gasteiger partial charge in [0.1, 0.15) is 11.6 Å². The van der Waals surface area contributed by atoms with Gasteiger partial charge in [0.15, 0.2) is 0 Å². The van der Waals surface area contributed by atoms with Crippen molar-refractivity contribution in [2.45, 2.75) is 4.83 Å². The zero-order chi connectivity index (χ0) is 15.1. The lowest BCUT2D eigenvalue weighted by atomic mass is 10.0. The molecule has 1 heterocycles. The van der Waals surface area contributed by atoms with Crippen molar-refractivity contribution in [1.29, 1.82) is 0 Å². The maximum Gasteiger partial charge on any atom is 0.323 e. The monoisotopic (exact) mass is 372 g/mol. The topological polar surface area (TPSA) is 48.6 Å². The van der Waals surface area contributed by atoms with E-state index in [1.165, 1.54) is 0 Å². The molecule has 0 aliphatic heterocycles. The van der Waals surface area contributed by atoms with Crippen LogP contribution in [0.15, 0.2) is 35.1 Å². The lowest BCUT2D eigenvalue weighted by Gasteiger charge is -2.12. The van der Waals surface area contributed by atoms with Crippen LogP contribution in [-0.2, 0) is 0 Å². The molecule has 21 heavy (non-hydrogen) atoms. The molecule has 0 aliphatic rings. The van der Waals surface area contributed by atoms with E-state index in [1.807, 2.05) is 0 Å². The standard InChI is InChI=1S/C14H8BrClF2N2O/c15-13(7-4-10(18)8(16)5-9(7)17)6-1-2-11-12(3-6)20-14(21)19-11/h1-5,13H,(H2,19,20,21). The number of hydrogen-bond acceptors (Lipinski definition) is 1. The summed E-state index contributed by atoms with van der Waals surface area (Å²) in [7, 11) is 0. The molecule has 0 aliphatic carbocycles. The number of H-pyrrole nitrogens is 2. The molecule has 1 aromatic heterocycles. The van der Waals surface area contributed by atoms with Crippen LogP contribution in [0.3, 0.4) is 0 Å². The van der Waals surface area contributed by atoms with Crippen molar-refractivity contribution in [3.63, 3.8) is 0 Å². The predicted molar refractivity (Wildman–Crippen MR) is 81.1 cm³/mol. The number of halogens is 4. The average molecular weight is 374 g/mol. The molecule has 0 fully saturated rings. The van der Waals surface area contributed by atoms with Crippen molar-refractivity contribution in [3.05, 3.63) is 68.6 Å². The molecule has 2 N–H and O–H groups in total. The second-order valence-corrected chi connectivity index (χ2v) is 5.86. The number of rotatable bonds is 2. The Hall–Kier alpha value is -1.66.